The van der Waals surface area contributed by atoms with E-state index in [1.54, 1.807) is 36.4 Å². The molecule has 7 rings (SSSR count). The molecule has 13 nitrogen and oxygen atoms in total. The number of amides is 5. The lowest BCUT2D eigenvalue weighted by atomic mass is 9.92. The van der Waals surface area contributed by atoms with Crippen molar-refractivity contribution < 1.29 is 28.7 Å². The van der Waals surface area contributed by atoms with Crippen molar-refractivity contribution >= 4 is 52.5 Å². The molecule has 0 spiro atoms. The molecular formula is C39H40ClN7O6. The SMILES string of the molecule is N#Cc1ccc(OC2CCC(NC(=O)c3ccc(N4CCN(CCNc5ccc6c(c5)C(=O)N(C5CCC(=O)NC5=O)C6=O)CC4)cc3)CC2)cc1Cl. The molecule has 3 aromatic rings. The van der Waals surface area contributed by atoms with Crippen LogP contribution in [0.1, 0.15) is 75.2 Å². The summed E-state index contributed by atoms with van der Waals surface area (Å²) in [4.78, 5) is 68.6. The molecular weight excluding hydrogens is 698 g/mol. The van der Waals surface area contributed by atoms with Gasteiger partial charge in [-0.15, -0.1) is 0 Å². The van der Waals surface area contributed by atoms with Crippen molar-refractivity contribution in [2.24, 2.45) is 0 Å². The standard InChI is InChI=1S/C39H40ClN7O6/c40-33-22-30(9-3-25(33)23-41)53-29-10-4-26(5-11-29)43-36(49)24-1-7-28(8-2-24)46-19-17-45(18-20-46)16-15-42-27-6-12-31-32(21-27)39(52)47(38(31)51)34-13-14-35(48)44-37(34)50/h1-3,6-9,12,21-22,26,29,34,42H,4-5,10-11,13-20H2,(H,43,49)(H,44,48,50). The van der Waals surface area contributed by atoms with E-state index in [2.05, 4.69) is 31.8 Å². The number of rotatable bonds is 10. The molecule has 1 aliphatic carbocycles. The van der Waals surface area contributed by atoms with E-state index in [4.69, 9.17) is 21.6 Å². The number of ether oxygens (including phenoxy) is 1. The van der Waals surface area contributed by atoms with Crippen molar-refractivity contribution in [3.05, 3.63) is 87.9 Å². The molecule has 14 heteroatoms. The van der Waals surface area contributed by atoms with Gasteiger partial charge in [-0.25, -0.2) is 0 Å². The highest BCUT2D eigenvalue weighted by Gasteiger charge is 2.44. The van der Waals surface area contributed by atoms with Crippen molar-refractivity contribution in [3.8, 4) is 11.8 Å². The first-order chi connectivity index (χ1) is 25.7. The van der Waals surface area contributed by atoms with Crippen LogP contribution >= 0.6 is 11.6 Å². The molecule has 2 saturated heterocycles. The number of benzene rings is 3. The maximum absolute atomic E-state index is 13.1. The Kier molecular flexibility index (Phi) is 10.6. The zero-order chi connectivity index (χ0) is 37.1. The van der Waals surface area contributed by atoms with E-state index >= 15 is 0 Å². The number of hydrogen-bond donors (Lipinski definition) is 3. The first-order valence-corrected chi connectivity index (χ1v) is 18.4. The summed E-state index contributed by atoms with van der Waals surface area (Å²) in [6.45, 7) is 4.85. The van der Waals surface area contributed by atoms with E-state index in [-0.39, 0.29) is 42.0 Å². The lowest BCUT2D eigenvalue weighted by Crippen LogP contribution is -2.54. The maximum Gasteiger partial charge on any atom is 0.262 e. The smallest absolute Gasteiger partial charge is 0.262 e. The van der Waals surface area contributed by atoms with Gasteiger partial charge in [0.25, 0.3) is 17.7 Å². The summed E-state index contributed by atoms with van der Waals surface area (Å²) in [6.07, 6.45) is 3.50. The van der Waals surface area contributed by atoms with Crippen LogP contribution in [-0.4, -0.2) is 96.8 Å². The third kappa shape index (κ3) is 7.99. The molecule has 5 amide bonds. The molecule has 1 saturated carbocycles. The fourth-order valence-corrected chi connectivity index (χ4v) is 7.65. The summed E-state index contributed by atoms with van der Waals surface area (Å²) in [6, 6.07) is 19.0. The Bertz CT molecular complexity index is 1970. The summed E-state index contributed by atoms with van der Waals surface area (Å²) >= 11 is 6.14. The summed E-state index contributed by atoms with van der Waals surface area (Å²) < 4.78 is 6.08. The van der Waals surface area contributed by atoms with E-state index in [0.29, 0.717) is 34.1 Å². The van der Waals surface area contributed by atoms with Gasteiger partial charge in [-0.2, -0.15) is 5.26 Å². The van der Waals surface area contributed by atoms with Crippen LogP contribution < -0.4 is 25.6 Å². The molecule has 3 heterocycles. The summed E-state index contributed by atoms with van der Waals surface area (Å²) in [5.74, 6) is -1.50. The highest BCUT2D eigenvalue weighted by molar-refractivity contribution is 6.31. The van der Waals surface area contributed by atoms with Crippen molar-refractivity contribution in [1.29, 1.82) is 5.26 Å². The number of nitrogens with zero attached hydrogens (tertiary/aromatic N) is 4. The van der Waals surface area contributed by atoms with Crippen molar-refractivity contribution in [2.45, 2.75) is 56.7 Å². The van der Waals surface area contributed by atoms with Gasteiger partial charge in [0.15, 0.2) is 0 Å². The molecule has 3 fully saturated rings. The normalized spacial score (nSPS) is 21.8. The lowest BCUT2D eigenvalue weighted by Gasteiger charge is -2.36. The number of carbonyl (C=O) groups is 5. The largest absolute Gasteiger partial charge is 0.490 e. The van der Waals surface area contributed by atoms with E-state index in [1.165, 1.54) is 0 Å². The van der Waals surface area contributed by atoms with Crippen molar-refractivity contribution in [3.63, 3.8) is 0 Å². The number of anilines is 2. The zero-order valence-electron chi connectivity index (χ0n) is 29.1. The van der Waals surface area contributed by atoms with Gasteiger partial charge in [-0.1, -0.05) is 11.6 Å². The van der Waals surface area contributed by atoms with Crippen LogP contribution in [-0.2, 0) is 9.59 Å². The Morgan fingerprint density at radius 1 is 0.887 bits per heavy atom. The molecule has 4 aliphatic rings. The van der Waals surface area contributed by atoms with Gasteiger partial charge in [0.1, 0.15) is 17.9 Å². The van der Waals surface area contributed by atoms with Crippen LogP contribution in [0.3, 0.4) is 0 Å². The minimum Gasteiger partial charge on any atom is -0.490 e. The van der Waals surface area contributed by atoms with Gasteiger partial charge in [-0.3, -0.25) is 39.1 Å². The second-order valence-electron chi connectivity index (χ2n) is 13.8. The van der Waals surface area contributed by atoms with Crippen molar-refractivity contribution in [1.82, 2.24) is 20.4 Å². The number of piperidine rings is 1. The summed E-state index contributed by atoms with van der Waals surface area (Å²) in [7, 11) is 0. The van der Waals surface area contributed by atoms with E-state index < -0.39 is 29.7 Å². The monoisotopic (exact) mass is 737 g/mol. The van der Waals surface area contributed by atoms with Crippen LogP contribution in [0, 0.1) is 11.3 Å². The predicted molar refractivity (Wildman–Crippen MR) is 197 cm³/mol. The Morgan fingerprint density at radius 2 is 1.62 bits per heavy atom. The Balaban J connectivity index is 0.822. The number of carbonyl (C=O) groups excluding carboxylic acids is 5. The molecule has 0 radical (unpaired) electrons. The quantitative estimate of drug-likeness (QED) is 0.260. The highest BCUT2D eigenvalue weighted by Crippen LogP contribution is 2.30. The molecule has 1 atom stereocenters. The van der Waals surface area contributed by atoms with Gasteiger partial charge < -0.3 is 20.3 Å². The van der Waals surface area contributed by atoms with Crippen LogP contribution in [0.15, 0.2) is 60.7 Å². The average Bonchev–Trinajstić information content (AvgIpc) is 3.41. The first-order valence-electron chi connectivity index (χ1n) is 18.0. The summed E-state index contributed by atoms with van der Waals surface area (Å²) in [5.41, 5.74) is 3.34. The Labute approximate surface area is 312 Å². The number of nitrogens with one attached hydrogen (secondary N) is 3. The molecule has 274 valence electrons. The number of nitriles is 1. The second kappa shape index (κ2) is 15.7. The van der Waals surface area contributed by atoms with Crippen LogP contribution in [0.2, 0.25) is 5.02 Å². The fourth-order valence-electron chi connectivity index (χ4n) is 7.44. The first kappa shape index (κ1) is 35.9. The van der Waals surface area contributed by atoms with Gasteiger partial charge in [0, 0.05) is 74.7 Å². The molecule has 3 aromatic carbocycles. The van der Waals surface area contributed by atoms with Gasteiger partial charge >= 0.3 is 0 Å². The fraction of sp³-hybridized carbons (Fsp3) is 0.385. The second-order valence-corrected chi connectivity index (χ2v) is 14.2. The van der Waals surface area contributed by atoms with Crippen molar-refractivity contribution in [2.75, 3.05) is 49.5 Å². The third-order valence-electron chi connectivity index (χ3n) is 10.4. The molecule has 1 unspecified atom stereocenters. The van der Waals surface area contributed by atoms with E-state index in [0.717, 1.165) is 69.0 Å². The van der Waals surface area contributed by atoms with Gasteiger partial charge in [-0.05, 0) is 86.7 Å². The van der Waals surface area contributed by atoms with Crippen LogP contribution in [0.5, 0.6) is 5.75 Å². The minimum atomic E-state index is -0.987. The highest BCUT2D eigenvalue weighted by atomic mass is 35.5. The number of halogens is 1. The summed E-state index contributed by atoms with van der Waals surface area (Å²) in [5, 5.41) is 18.2. The lowest BCUT2D eigenvalue weighted by molar-refractivity contribution is -0.136. The topological polar surface area (TPSA) is 164 Å². The Morgan fingerprint density at radius 3 is 2.32 bits per heavy atom. The van der Waals surface area contributed by atoms with Gasteiger partial charge in [0.2, 0.25) is 11.8 Å². The molecule has 0 bridgehead atoms. The van der Waals surface area contributed by atoms with Crippen LogP contribution in [0.4, 0.5) is 11.4 Å². The Hall–Kier alpha value is -5.45. The minimum absolute atomic E-state index is 0.0366. The molecule has 3 N–H and O–H groups in total. The zero-order valence-corrected chi connectivity index (χ0v) is 29.9. The van der Waals surface area contributed by atoms with E-state index in [1.807, 2.05) is 24.3 Å². The molecule has 3 aliphatic heterocycles. The molecule has 0 aromatic heterocycles. The van der Waals surface area contributed by atoms with Gasteiger partial charge in [0.05, 0.1) is 27.8 Å². The molecule has 53 heavy (non-hydrogen) atoms. The number of hydrogen-bond acceptors (Lipinski definition) is 10. The number of fused-ring (bicyclic) bond motifs is 1. The third-order valence-corrected chi connectivity index (χ3v) is 10.7. The maximum atomic E-state index is 13.1. The predicted octanol–water partition coefficient (Wildman–Crippen LogP) is 3.97. The van der Waals surface area contributed by atoms with Crippen LogP contribution in [0.25, 0.3) is 0 Å². The van der Waals surface area contributed by atoms with E-state index in [9.17, 15) is 24.0 Å². The number of imide groups is 2. The number of piperazine rings is 1. The average molecular weight is 738 g/mol.